The molecule has 2 aromatic rings. The molecule has 3 rings (SSSR count). The SMILES string of the molecule is Cc1onc(-c2c(Cl)cccc2Cl)c1C(=O)NC(N)=[N+]1C[C@@H](C)O[C@H](C)C1. The molecule has 0 bridgehead atoms. The number of nitrogens with two attached hydrogens (primary N) is 1. The van der Waals surface area contributed by atoms with Gasteiger partial charge in [-0.25, -0.2) is 5.32 Å². The molecule has 7 nitrogen and oxygen atoms in total. The summed E-state index contributed by atoms with van der Waals surface area (Å²) in [5.41, 5.74) is 7.08. The van der Waals surface area contributed by atoms with E-state index in [0.717, 1.165) is 0 Å². The second kappa shape index (κ2) is 7.88. The number of aryl methyl sites for hydroxylation is 1. The zero-order valence-corrected chi connectivity index (χ0v) is 16.8. The number of ether oxygens (including phenoxy) is 1. The number of carbonyl (C=O) groups is 1. The van der Waals surface area contributed by atoms with Gasteiger partial charge < -0.3 is 9.26 Å². The lowest BCUT2D eigenvalue weighted by Crippen LogP contribution is -2.50. The molecule has 1 aliphatic heterocycles. The normalized spacial score (nSPS) is 19.8. The molecule has 1 saturated heterocycles. The maximum Gasteiger partial charge on any atom is 0.351 e. The lowest BCUT2D eigenvalue weighted by Gasteiger charge is -2.27. The van der Waals surface area contributed by atoms with E-state index in [4.69, 9.17) is 38.2 Å². The van der Waals surface area contributed by atoms with Crippen molar-refractivity contribution in [3.05, 3.63) is 39.6 Å². The molecular weight excluding hydrogens is 391 g/mol. The van der Waals surface area contributed by atoms with Crippen molar-refractivity contribution in [3.8, 4) is 11.3 Å². The standard InChI is InChI=1S/C18H20Cl2N4O3/c1-9-7-24(8-10(2)26-9)18(21)22-17(25)14-11(3)27-23-16(14)15-12(19)5-4-6-13(15)20/h4-6,9-10H,7-8H2,1-3H3,(H2,21,22,25)/p+1/t9-,10-/m1/s1. The van der Waals surface area contributed by atoms with Crippen LogP contribution in [0.5, 0.6) is 0 Å². The summed E-state index contributed by atoms with van der Waals surface area (Å²) in [5, 5.41) is 7.45. The second-order valence-corrected chi connectivity index (χ2v) is 7.38. The number of morpholine rings is 1. The molecule has 2 heterocycles. The van der Waals surface area contributed by atoms with Crippen molar-refractivity contribution in [2.24, 2.45) is 5.73 Å². The van der Waals surface area contributed by atoms with Crippen LogP contribution < -0.4 is 11.1 Å². The van der Waals surface area contributed by atoms with Crippen LogP contribution in [0, 0.1) is 6.92 Å². The first-order valence-electron chi connectivity index (χ1n) is 8.52. The predicted octanol–water partition coefficient (Wildman–Crippen LogP) is 2.82. The third kappa shape index (κ3) is 4.10. The number of hydrogen-bond acceptors (Lipinski definition) is 4. The van der Waals surface area contributed by atoms with Crippen LogP contribution in [0.2, 0.25) is 10.0 Å². The molecule has 3 N–H and O–H groups in total. The molecule has 1 aliphatic rings. The zero-order chi connectivity index (χ0) is 19.7. The van der Waals surface area contributed by atoms with Crippen molar-refractivity contribution in [2.45, 2.75) is 33.0 Å². The minimum atomic E-state index is -0.441. The first kappa shape index (κ1) is 19.7. The van der Waals surface area contributed by atoms with Crippen LogP contribution in [0.3, 0.4) is 0 Å². The Hall–Kier alpha value is -2.09. The van der Waals surface area contributed by atoms with E-state index in [-0.39, 0.29) is 29.4 Å². The van der Waals surface area contributed by atoms with E-state index >= 15 is 0 Å². The van der Waals surface area contributed by atoms with E-state index in [2.05, 4.69) is 10.5 Å². The Morgan fingerprint density at radius 2 is 1.85 bits per heavy atom. The van der Waals surface area contributed by atoms with Gasteiger partial charge in [0.2, 0.25) is 0 Å². The van der Waals surface area contributed by atoms with E-state index in [1.165, 1.54) is 0 Å². The fraction of sp³-hybridized carbons (Fsp3) is 0.389. The molecule has 0 saturated carbocycles. The van der Waals surface area contributed by atoms with Gasteiger partial charge in [-0.3, -0.25) is 15.1 Å². The summed E-state index contributed by atoms with van der Waals surface area (Å²) in [4.78, 5) is 12.9. The van der Waals surface area contributed by atoms with E-state index in [1.807, 2.05) is 18.4 Å². The highest BCUT2D eigenvalue weighted by Gasteiger charge is 2.29. The van der Waals surface area contributed by atoms with E-state index in [1.54, 1.807) is 25.1 Å². The molecule has 0 radical (unpaired) electrons. The molecule has 1 aromatic heterocycles. The molecule has 144 valence electrons. The number of halogens is 2. The van der Waals surface area contributed by atoms with Crippen LogP contribution in [-0.2, 0) is 4.74 Å². The van der Waals surface area contributed by atoms with Gasteiger partial charge in [0.15, 0.2) is 0 Å². The minimum Gasteiger partial charge on any atom is -0.369 e. The Morgan fingerprint density at radius 1 is 1.26 bits per heavy atom. The Kier molecular flexibility index (Phi) is 5.74. The average molecular weight is 412 g/mol. The third-order valence-corrected chi connectivity index (χ3v) is 4.92. The topological polar surface area (TPSA) is 93.4 Å². The van der Waals surface area contributed by atoms with Gasteiger partial charge in [-0.1, -0.05) is 34.4 Å². The molecular formula is C18H21Cl2N4O3+. The Bertz CT molecular complexity index is 878. The van der Waals surface area contributed by atoms with Crippen LogP contribution in [0.15, 0.2) is 22.7 Å². The quantitative estimate of drug-likeness (QED) is 0.585. The monoisotopic (exact) mass is 411 g/mol. The number of rotatable bonds is 2. The van der Waals surface area contributed by atoms with Gasteiger partial charge in [-0.2, -0.15) is 0 Å². The van der Waals surface area contributed by atoms with Crippen molar-refractivity contribution >= 4 is 35.1 Å². The summed E-state index contributed by atoms with van der Waals surface area (Å²) in [6, 6.07) is 5.06. The molecule has 0 spiro atoms. The molecule has 0 aliphatic carbocycles. The number of guanidine groups is 1. The fourth-order valence-electron chi connectivity index (χ4n) is 3.17. The van der Waals surface area contributed by atoms with Crippen LogP contribution >= 0.6 is 23.2 Å². The van der Waals surface area contributed by atoms with Crippen molar-refractivity contribution < 1.29 is 18.6 Å². The highest BCUT2D eigenvalue weighted by Crippen LogP contribution is 2.36. The first-order valence-corrected chi connectivity index (χ1v) is 9.28. The van der Waals surface area contributed by atoms with Crippen molar-refractivity contribution in [1.82, 2.24) is 10.5 Å². The van der Waals surface area contributed by atoms with Crippen molar-refractivity contribution in [2.75, 3.05) is 13.1 Å². The highest BCUT2D eigenvalue weighted by molar-refractivity contribution is 6.39. The van der Waals surface area contributed by atoms with Gasteiger partial charge in [0.05, 0.1) is 35.3 Å². The number of hydrogen-bond donors (Lipinski definition) is 2. The van der Waals surface area contributed by atoms with Gasteiger partial charge in [0.25, 0.3) is 0 Å². The predicted molar refractivity (Wildman–Crippen MR) is 103 cm³/mol. The van der Waals surface area contributed by atoms with Crippen molar-refractivity contribution in [1.29, 1.82) is 0 Å². The summed E-state index contributed by atoms with van der Waals surface area (Å²) < 4.78 is 12.8. The molecule has 2 atom stereocenters. The number of carbonyl (C=O) groups excluding carboxylic acids is 1. The average Bonchev–Trinajstić information content (AvgIpc) is 2.95. The van der Waals surface area contributed by atoms with E-state index in [9.17, 15) is 4.79 Å². The Labute approximate surface area is 167 Å². The molecule has 1 amide bonds. The van der Waals surface area contributed by atoms with Gasteiger partial charge in [-0.05, 0) is 32.9 Å². The van der Waals surface area contributed by atoms with Gasteiger partial charge in [0.1, 0.15) is 17.0 Å². The fourth-order valence-corrected chi connectivity index (χ4v) is 3.74. The highest BCUT2D eigenvalue weighted by atomic mass is 35.5. The minimum absolute atomic E-state index is 0.0130. The van der Waals surface area contributed by atoms with E-state index in [0.29, 0.717) is 34.5 Å². The smallest absolute Gasteiger partial charge is 0.351 e. The maximum absolute atomic E-state index is 12.9. The van der Waals surface area contributed by atoms with Crippen molar-refractivity contribution in [3.63, 3.8) is 0 Å². The van der Waals surface area contributed by atoms with Crippen LogP contribution in [0.4, 0.5) is 0 Å². The van der Waals surface area contributed by atoms with Crippen LogP contribution in [0.1, 0.15) is 30.0 Å². The van der Waals surface area contributed by atoms with Gasteiger partial charge >= 0.3 is 11.9 Å². The zero-order valence-electron chi connectivity index (χ0n) is 15.3. The van der Waals surface area contributed by atoms with E-state index < -0.39 is 5.91 Å². The summed E-state index contributed by atoms with van der Waals surface area (Å²) in [5.74, 6) is 0.151. The first-order chi connectivity index (χ1) is 12.8. The number of benzene rings is 1. The van der Waals surface area contributed by atoms with Gasteiger partial charge in [0, 0.05) is 5.56 Å². The summed E-state index contributed by atoms with van der Waals surface area (Å²) in [7, 11) is 0. The van der Waals surface area contributed by atoms with Crippen LogP contribution in [-0.4, -0.2) is 46.9 Å². The summed E-state index contributed by atoms with van der Waals surface area (Å²) in [6.45, 7) is 6.73. The summed E-state index contributed by atoms with van der Waals surface area (Å²) >= 11 is 12.5. The molecule has 0 unspecified atom stereocenters. The lowest BCUT2D eigenvalue weighted by atomic mass is 10.1. The number of nitrogens with zero attached hydrogens (tertiary/aromatic N) is 2. The molecule has 27 heavy (non-hydrogen) atoms. The molecule has 9 heteroatoms. The second-order valence-electron chi connectivity index (χ2n) is 6.56. The number of nitrogens with one attached hydrogen (secondary N) is 1. The van der Waals surface area contributed by atoms with Crippen LogP contribution in [0.25, 0.3) is 11.3 Å². The number of amides is 1. The Morgan fingerprint density at radius 3 is 2.44 bits per heavy atom. The molecule has 1 aromatic carbocycles. The largest absolute Gasteiger partial charge is 0.369 e. The Balaban J connectivity index is 1.94. The van der Waals surface area contributed by atoms with Gasteiger partial charge in [-0.15, -0.1) is 0 Å². The third-order valence-electron chi connectivity index (χ3n) is 4.29. The summed E-state index contributed by atoms with van der Waals surface area (Å²) in [6.07, 6.45) is 0.0260. The lowest BCUT2D eigenvalue weighted by molar-refractivity contribution is -0.568. The maximum atomic E-state index is 12.9. The number of aromatic nitrogens is 1. The molecule has 1 fully saturated rings.